The standard InChI is InChI=1S/C15H8F6O2/c16-14(17,18)8-5-6-9(11(7-8)13(22)23)10-3-1-2-4-12(10)15(19,20)21/h1-7H,(H,22,23). The van der Waals surface area contributed by atoms with Gasteiger partial charge in [-0.2, -0.15) is 26.3 Å². The predicted molar refractivity (Wildman–Crippen MR) is 68.8 cm³/mol. The largest absolute Gasteiger partial charge is 0.478 e. The summed E-state index contributed by atoms with van der Waals surface area (Å²) in [6, 6.07) is 5.71. The normalized spacial score (nSPS) is 12.3. The number of hydrogen-bond donors (Lipinski definition) is 1. The molecule has 0 atom stereocenters. The van der Waals surface area contributed by atoms with E-state index in [-0.39, 0.29) is 0 Å². The number of halogens is 6. The molecule has 0 aliphatic heterocycles. The van der Waals surface area contributed by atoms with Gasteiger partial charge >= 0.3 is 18.3 Å². The van der Waals surface area contributed by atoms with Crippen LogP contribution in [0.5, 0.6) is 0 Å². The number of rotatable bonds is 2. The Morgan fingerprint density at radius 2 is 1.43 bits per heavy atom. The highest BCUT2D eigenvalue weighted by molar-refractivity contribution is 5.96. The molecule has 2 aromatic rings. The van der Waals surface area contributed by atoms with Crippen LogP contribution in [0.2, 0.25) is 0 Å². The first-order chi connectivity index (χ1) is 10.5. The van der Waals surface area contributed by atoms with Crippen LogP contribution in [0.4, 0.5) is 26.3 Å². The Morgan fingerprint density at radius 1 is 0.826 bits per heavy atom. The number of carbonyl (C=O) groups is 1. The first-order valence-electron chi connectivity index (χ1n) is 6.13. The summed E-state index contributed by atoms with van der Waals surface area (Å²) in [4.78, 5) is 11.2. The SMILES string of the molecule is O=C(O)c1cc(C(F)(F)F)ccc1-c1ccccc1C(F)(F)F. The van der Waals surface area contributed by atoms with Gasteiger partial charge in [0.05, 0.1) is 16.7 Å². The fourth-order valence-corrected chi connectivity index (χ4v) is 2.10. The molecule has 2 aromatic carbocycles. The van der Waals surface area contributed by atoms with Gasteiger partial charge in [-0.25, -0.2) is 4.79 Å². The Hall–Kier alpha value is -2.51. The molecule has 2 rings (SSSR count). The maximum absolute atomic E-state index is 13.0. The van der Waals surface area contributed by atoms with Gasteiger partial charge in [-0.15, -0.1) is 0 Å². The van der Waals surface area contributed by atoms with Crippen LogP contribution in [-0.4, -0.2) is 11.1 Å². The van der Waals surface area contributed by atoms with Gasteiger partial charge in [-0.05, 0) is 29.3 Å². The molecule has 0 aromatic heterocycles. The van der Waals surface area contributed by atoms with E-state index in [2.05, 4.69) is 0 Å². The number of carboxylic acid groups (broad SMARTS) is 1. The zero-order valence-electron chi connectivity index (χ0n) is 11.2. The molecular weight excluding hydrogens is 326 g/mol. The molecule has 0 unspecified atom stereocenters. The van der Waals surface area contributed by atoms with Crippen LogP contribution in [-0.2, 0) is 12.4 Å². The van der Waals surface area contributed by atoms with E-state index in [1.807, 2.05) is 0 Å². The molecule has 0 heterocycles. The van der Waals surface area contributed by atoms with Crippen molar-refractivity contribution < 1.29 is 36.2 Å². The number of hydrogen-bond acceptors (Lipinski definition) is 1. The van der Waals surface area contributed by atoms with Crippen LogP contribution in [0.25, 0.3) is 11.1 Å². The van der Waals surface area contributed by atoms with Gasteiger partial charge in [0.1, 0.15) is 0 Å². The monoisotopic (exact) mass is 334 g/mol. The second kappa shape index (κ2) is 5.60. The second-order valence-corrected chi connectivity index (χ2v) is 4.61. The van der Waals surface area contributed by atoms with Crippen LogP contribution in [0.1, 0.15) is 21.5 Å². The van der Waals surface area contributed by atoms with Gasteiger partial charge < -0.3 is 5.11 Å². The maximum atomic E-state index is 13.0. The van der Waals surface area contributed by atoms with Crippen molar-refractivity contribution in [3.05, 3.63) is 59.2 Å². The molecule has 1 N–H and O–H groups in total. The maximum Gasteiger partial charge on any atom is 0.417 e. The molecule has 0 bridgehead atoms. The third-order valence-corrected chi connectivity index (χ3v) is 3.10. The van der Waals surface area contributed by atoms with Crippen molar-refractivity contribution in [2.45, 2.75) is 12.4 Å². The molecule has 0 amide bonds. The van der Waals surface area contributed by atoms with Gasteiger partial charge in [0.25, 0.3) is 0 Å². The van der Waals surface area contributed by atoms with Gasteiger partial charge in [-0.1, -0.05) is 24.3 Å². The van der Waals surface area contributed by atoms with Crippen molar-refractivity contribution in [3.8, 4) is 11.1 Å². The van der Waals surface area contributed by atoms with Gasteiger partial charge in [0, 0.05) is 0 Å². The Bertz CT molecular complexity index is 746. The molecule has 0 fully saturated rings. The van der Waals surface area contributed by atoms with Crippen molar-refractivity contribution in [3.63, 3.8) is 0 Å². The van der Waals surface area contributed by atoms with Crippen molar-refractivity contribution >= 4 is 5.97 Å². The molecule has 23 heavy (non-hydrogen) atoms. The molecule has 122 valence electrons. The van der Waals surface area contributed by atoms with Crippen LogP contribution >= 0.6 is 0 Å². The quantitative estimate of drug-likeness (QED) is 0.777. The lowest BCUT2D eigenvalue weighted by atomic mass is 9.93. The number of aromatic carboxylic acids is 1. The van der Waals surface area contributed by atoms with E-state index >= 15 is 0 Å². The summed E-state index contributed by atoms with van der Waals surface area (Å²) < 4.78 is 77.0. The number of carboxylic acids is 1. The predicted octanol–water partition coefficient (Wildman–Crippen LogP) is 5.09. The Balaban J connectivity index is 2.73. The smallest absolute Gasteiger partial charge is 0.417 e. The van der Waals surface area contributed by atoms with E-state index < -0.39 is 46.1 Å². The molecule has 0 aliphatic carbocycles. The summed E-state index contributed by atoms with van der Waals surface area (Å²) in [6.45, 7) is 0. The zero-order chi connectivity index (χ0) is 17.4. The minimum Gasteiger partial charge on any atom is -0.478 e. The minimum atomic E-state index is -4.80. The van der Waals surface area contributed by atoms with Crippen LogP contribution in [0, 0.1) is 0 Å². The molecule has 0 radical (unpaired) electrons. The zero-order valence-corrected chi connectivity index (χ0v) is 11.2. The average molecular weight is 334 g/mol. The van der Waals surface area contributed by atoms with E-state index in [0.29, 0.717) is 12.1 Å². The van der Waals surface area contributed by atoms with E-state index in [9.17, 15) is 31.1 Å². The fraction of sp³-hybridized carbons (Fsp3) is 0.133. The van der Waals surface area contributed by atoms with Crippen LogP contribution in [0.15, 0.2) is 42.5 Å². The number of alkyl halides is 6. The summed E-state index contributed by atoms with van der Waals surface area (Å²) in [6.07, 6.45) is -9.57. The molecule has 0 spiro atoms. The summed E-state index contributed by atoms with van der Waals surface area (Å²) in [7, 11) is 0. The molecule has 2 nitrogen and oxygen atoms in total. The van der Waals surface area contributed by atoms with Gasteiger partial charge in [-0.3, -0.25) is 0 Å². The lowest BCUT2D eigenvalue weighted by molar-refractivity contribution is -0.138. The topological polar surface area (TPSA) is 37.3 Å². The Kier molecular flexibility index (Phi) is 4.10. The average Bonchev–Trinajstić information content (AvgIpc) is 2.44. The third-order valence-electron chi connectivity index (χ3n) is 3.10. The summed E-state index contributed by atoms with van der Waals surface area (Å²) in [5.41, 5.74) is -4.15. The summed E-state index contributed by atoms with van der Waals surface area (Å²) in [5, 5.41) is 9.06. The van der Waals surface area contributed by atoms with E-state index in [1.165, 1.54) is 6.07 Å². The van der Waals surface area contributed by atoms with Crippen molar-refractivity contribution in [1.29, 1.82) is 0 Å². The van der Waals surface area contributed by atoms with Crippen molar-refractivity contribution in [1.82, 2.24) is 0 Å². The van der Waals surface area contributed by atoms with E-state index in [1.54, 1.807) is 0 Å². The third kappa shape index (κ3) is 3.46. The highest BCUT2D eigenvalue weighted by Crippen LogP contribution is 2.39. The van der Waals surface area contributed by atoms with Crippen molar-refractivity contribution in [2.75, 3.05) is 0 Å². The van der Waals surface area contributed by atoms with Gasteiger partial charge in [0.2, 0.25) is 0 Å². The molecule has 0 aliphatic rings. The molecule has 0 saturated carbocycles. The fourth-order valence-electron chi connectivity index (χ4n) is 2.10. The van der Waals surface area contributed by atoms with E-state index in [0.717, 1.165) is 24.3 Å². The Labute approximate surface area is 126 Å². The lowest BCUT2D eigenvalue weighted by Gasteiger charge is -2.16. The molecular formula is C15H8F6O2. The lowest BCUT2D eigenvalue weighted by Crippen LogP contribution is -2.11. The first-order valence-corrected chi connectivity index (χ1v) is 6.13. The van der Waals surface area contributed by atoms with Crippen LogP contribution in [0.3, 0.4) is 0 Å². The molecule has 0 saturated heterocycles. The minimum absolute atomic E-state index is 0.324. The summed E-state index contributed by atoms with van der Waals surface area (Å²) in [5.74, 6) is -1.75. The highest BCUT2D eigenvalue weighted by Gasteiger charge is 2.35. The second-order valence-electron chi connectivity index (χ2n) is 4.61. The summed E-state index contributed by atoms with van der Waals surface area (Å²) >= 11 is 0. The van der Waals surface area contributed by atoms with Crippen LogP contribution < -0.4 is 0 Å². The highest BCUT2D eigenvalue weighted by atomic mass is 19.4. The van der Waals surface area contributed by atoms with E-state index in [4.69, 9.17) is 5.11 Å². The Morgan fingerprint density at radius 3 is 1.96 bits per heavy atom. The molecule has 8 heteroatoms. The van der Waals surface area contributed by atoms with Gasteiger partial charge in [0.15, 0.2) is 0 Å². The van der Waals surface area contributed by atoms with Crippen molar-refractivity contribution in [2.24, 2.45) is 0 Å². The number of benzene rings is 2. The first kappa shape index (κ1) is 16.9.